The van der Waals surface area contributed by atoms with Gasteiger partial charge < -0.3 is 33.7 Å². The van der Waals surface area contributed by atoms with Gasteiger partial charge in [0.2, 0.25) is 0 Å². The standard InChI is InChI=1S/C51H77F2NO11/c1-30-16-12-11-13-17-31(2)42(61-8)28-38-21-19-36(7)51(53,65-38)48(58)49(59)54-23-15-14-18-39(54)50(60)64-43(33(4)26-37-20-22-40(55)44(27-37)62-9)29-41(56)32(3)25-34(5)45(52)47(63-10)46(57)35(6)24-30/h11-13,16-17,25,30,33-40,42-45,47,55H,14-15,18-24,26-29H2,1-10H3/t30-,33-,34?,35-,36-,37+,38+,39+,40?,42?,43?,44?,45?,47?,51?/m1/s1. The van der Waals surface area contributed by atoms with Crippen LogP contribution in [0.2, 0.25) is 0 Å². The lowest BCUT2D eigenvalue weighted by atomic mass is 9.78. The predicted octanol–water partition coefficient (Wildman–Crippen LogP) is 8.14. The van der Waals surface area contributed by atoms with E-state index >= 15 is 8.78 Å². The molecule has 15 atom stereocenters. The average Bonchev–Trinajstić information content (AvgIpc) is 3.28. The summed E-state index contributed by atoms with van der Waals surface area (Å²) in [6.45, 7) is 12.2. The van der Waals surface area contributed by atoms with Gasteiger partial charge in [-0.25, -0.2) is 13.6 Å². The molecular formula is C51H77F2NO11. The molecule has 2 bridgehead atoms. The fraction of sp³-hybridized carbons (Fsp3) is 0.745. The Hall–Kier alpha value is -3.43. The molecule has 14 heteroatoms. The number of alkyl halides is 2. The number of hydrogen-bond donors (Lipinski definition) is 1. The van der Waals surface area contributed by atoms with Crippen LogP contribution in [0.3, 0.4) is 0 Å². The maximum atomic E-state index is 17.0. The second kappa shape index (κ2) is 25.1. The first kappa shape index (κ1) is 54.2. The highest BCUT2D eigenvalue weighted by Crippen LogP contribution is 2.40. The van der Waals surface area contributed by atoms with Crippen LogP contribution in [0.15, 0.2) is 47.6 Å². The summed E-state index contributed by atoms with van der Waals surface area (Å²) in [5.74, 6) is -9.76. The van der Waals surface area contributed by atoms with E-state index in [1.807, 2.05) is 51.2 Å². The van der Waals surface area contributed by atoms with Crippen LogP contribution in [0.25, 0.3) is 0 Å². The number of carbonyl (C=O) groups is 5. The van der Waals surface area contributed by atoms with Gasteiger partial charge in [-0.3, -0.25) is 19.2 Å². The molecule has 8 unspecified atom stereocenters. The maximum Gasteiger partial charge on any atom is 0.329 e. The minimum Gasteiger partial charge on any atom is -0.460 e. The number of allylic oxidation sites excluding steroid dienone is 7. The summed E-state index contributed by atoms with van der Waals surface area (Å²) in [5.41, 5.74) is 1.05. The maximum absolute atomic E-state index is 17.0. The summed E-state index contributed by atoms with van der Waals surface area (Å²) < 4.78 is 62.1. The molecule has 1 N–H and O–H groups in total. The first-order chi connectivity index (χ1) is 30.7. The highest BCUT2D eigenvalue weighted by molar-refractivity contribution is 6.39. The molecule has 65 heavy (non-hydrogen) atoms. The SMILES string of the molecule is COC1C[C@@H]2CC[C@@H](C)C(F)(O2)C(=O)C(=O)N2CCCC[C@H]2C(=O)OC([C@H](C)C[C@@H]2CCC(O)C(OC)C2)CC(=O)C(C)=CC(C)C(F)C(OC)C(=O)[C@H](C)C[C@H](C)C=CC=CC=C1C. The van der Waals surface area contributed by atoms with Crippen LogP contribution in [-0.2, 0) is 47.7 Å². The zero-order valence-electron chi connectivity index (χ0n) is 40.5. The van der Waals surface area contributed by atoms with Crippen molar-refractivity contribution in [2.75, 3.05) is 27.9 Å². The van der Waals surface area contributed by atoms with Crippen molar-refractivity contribution in [2.45, 2.75) is 180 Å². The van der Waals surface area contributed by atoms with Gasteiger partial charge in [0.1, 0.15) is 24.4 Å². The molecule has 3 aliphatic heterocycles. The zero-order valence-corrected chi connectivity index (χ0v) is 40.5. The minimum atomic E-state index is -2.94. The molecule has 3 heterocycles. The Kier molecular flexibility index (Phi) is 20.9. The number of amides is 1. The van der Waals surface area contributed by atoms with Crippen molar-refractivity contribution in [3.63, 3.8) is 0 Å². The van der Waals surface area contributed by atoms with Crippen molar-refractivity contribution in [2.24, 2.45) is 35.5 Å². The lowest BCUT2D eigenvalue weighted by Crippen LogP contribution is -2.59. The lowest BCUT2D eigenvalue weighted by Gasteiger charge is -2.41. The van der Waals surface area contributed by atoms with Gasteiger partial charge in [-0.05, 0) is 107 Å². The van der Waals surface area contributed by atoms with E-state index < -0.39 is 89.8 Å². The number of halogens is 2. The van der Waals surface area contributed by atoms with E-state index in [9.17, 15) is 29.1 Å². The number of methoxy groups -OCH3 is 3. The highest BCUT2D eigenvalue weighted by atomic mass is 19.2. The third-order valence-electron chi connectivity index (χ3n) is 14.4. The van der Waals surface area contributed by atoms with E-state index in [4.69, 9.17) is 23.7 Å². The zero-order chi connectivity index (χ0) is 48.2. The molecular weight excluding hydrogens is 841 g/mol. The molecule has 4 rings (SSSR count). The Bertz CT molecular complexity index is 1760. The van der Waals surface area contributed by atoms with Crippen molar-refractivity contribution in [1.29, 1.82) is 0 Å². The van der Waals surface area contributed by atoms with E-state index in [0.29, 0.717) is 51.4 Å². The number of ketones is 3. The Balaban J connectivity index is 1.70. The Morgan fingerprint density at radius 2 is 1.62 bits per heavy atom. The molecule has 0 spiro atoms. The minimum absolute atomic E-state index is 0.0193. The van der Waals surface area contributed by atoms with Crippen LogP contribution >= 0.6 is 0 Å². The monoisotopic (exact) mass is 918 g/mol. The fourth-order valence-corrected chi connectivity index (χ4v) is 10.1. The molecule has 1 amide bonds. The number of ether oxygens (including phenoxy) is 5. The first-order valence-corrected chi connectivity index (χ1v) is 23.9. The van der Waals surface area contributed by atoms with Gasteiger partial charge in [0.25, 0.3) is 17.5 Å². The summed E-state index contributed by atoms with van der Waals surface area (Å²) in [5, 5.41) is 10.5. The van der Waals surface area contributed by atoms with E-state index in [-0.39, 0.29) is 67.4 Å². The normalized spacial score (nSPS) is 37.8. The molecule has 0 aromatic rings. The van der Waals surface area contributed by atoms with Crippen molar-refractivity contribution >= 4 is 29.2 Å². The van der Waals surface area contributed by atoms with Gasteiger partial charge in [-0.15, -0.1) is 0 Å². The average molecular weight is 918 g/mol. The molecule has 0 aromatic heterocycles. The van der Waals surface area contributed by atoms with Gasteiger partial charge in [0.15, 0.2) is 11.6 Å². The van der Waals surface area contributed by atoms with Crippen LogP contribution in [-0.4, -0.2) is 122 Å². The number of aliphatic hydroxyl groups excluding tert-OH is 1. The quantitative estimate of drug-likeness (QED) is 0.203. The summed E-state index contributed by atoms with van der Waals surface area (Å²) in [4.78, 5) is 71.2. The van der Waals surface area contributed by atoms with Crippen molar-refractivity contribution in [3.05, 3.63) is 47.6 Å². The number of hydrogen-bond acceptors (Lipinski definition) is 11. The summed E-state index contributed by atoms with van der Waals surface area (Å²) in [7, 11) is 4.38. The Morgan fingerprint density at radius 3 is 2.29 bits per heavy atom. The second-order valence-corrected chi connectivity index (χ2v) is 19.5. The molecule has 1 aliphatic carbocycles. The molecule has 3 fully saturated rings. The number of Topliss-reactive ketones (excluding diaryl/α,β-unsaturated/α-hetero) is 3. The molecule has 12 nitrogen and oxygen atoms in total. The first-order valence-electron chi connectivity index (χ1n) is 23.9. The molecule has 0 aromatic carbocycles. The number of nitrogens with zero attached hydrogens (tertiary/aromatic N) is 1. The molecule has 4 aliphatic rings. The molecule has 1 saturated carbocycles. The van der Waals surface area contributed by atoms with Crippen molar-refractivity contribution in [3.8, 4) is 0 Å². The molecule has 2 saturated heterocycles. The van der Waals surface area contributed by atoms with E-state index in [1.54, 1.807) is 27.9 Å². The number of fused-ring (bicyclic) bond motifs is 3. The number of rotatable bonds is 6. The molecule has 0 radical (unpaired) electrons. The second-order valence-electron chi connectivity index (χ2n) is 19.5. The summed E-state index contributed by atoms with van der Waals surface area (Å²) in [6.07, 6.45) is 9.15. The van der Waals surface area contributed by atoms with Gasteiger partial charge in [-0.1, -0.05) is 71.1 Å². The van der Waals surface area contributed by atoms with E-state index in [0.717, 1.165) is 10.5 Å². The smallest absolute Gasteiger partial charge is 0.329 e. The lowest BCUT2D eigenvalue weighted by molar-refractivity contribution is -0.231. The summed E-state index contributed by atoms with van der Waals surface area (Å²) >= 11 is 0. The number of esters is 1. The predicted molar refractivity (Wildman–Crippen MR) is 243 cm³/mol. The largest absolute Gasteiger partial charge is 0.460 e. The van der Waals surface area contributed by atoms with Crippen LogP contribution in [0.4, 0.5) is 8.78 Å². The topological polar surface area (TPSA) is 155 Å². The summed E-state index contributed by atoms with van der Waals surface area (Å²) in [6, 6.07) is -1.21. The Morgan fingerprint density at radius 1 is 0.892 bits per heavy atom. The number of aliphatic hydroxyl groups is 1. The van der Waals surface area contributed by atoms with Gasteiger partial charge in [-0.2, -0.15) is 0 Å². The third-order valence-corrected chi connectivity index (χ3v) is 14.4. The van der Waals surface area contributed by atoms with Crippen molar-refractivity contribution in [1.82, 2.24) is 4.90 Å². The van der Waals surface area contributed by atoms with E-state index in [1.165, 1.54) is 27.2 Å². The highest BCUT2D eigenvalue weighted by Gasteiger charge is 2.55. The van der Waals surface area contributed by atoms with Crippen LogP contribution in [0.1, 0.15) is 126 Å². The van der Waals surface area contributed by atoms with E-state index in [2.05, 4.69) is 0 Å². The van der Waals surface area contributed by atoms with Crippen LogP contribution in [0.5, 0.6) is 0 Å². The third kappa shape index (κ3) is 14.3. The van der Waals surface area contributed by atoms with Crippen LogP contribution < -0.4 is 0 Å². The van der Waals surface area contributed by atoms with Gasteiger partial charge in [0, 0.05) is 58.5 Å². The van der Waals surface area contributed by atoms with Crippen molar-refractivity contribution < 1.29 is 61.5 Å². The number of carbonyl (C=O) groups excluding carboxylic acids is 5. The van der Waals surface area contributed by atoms with Gasteiger partial charge in [0.05, 0.1) is 24.4 Å². The fourth-order valence-electron chi connectivity index (χ4n) is 10.1. The number of piperidine rings is 1. The molecule has 366 valence electrons. The van der Waals surface area contributed by atoms with Crippen LogP contribution in [0, 0.1) is 35.5 Å². The number of cyclic esters (lactones) is 1. The van der Waals surface area contributed by atoms with Gasteiger partial charge >= 0.3 is 5.97 Å². The Labute approximate surface area is 385 Å².